The standard InChI is InChI=1S/C25H31N3O4S/c1-15-10-11-18(16(2)14-15)26-23(29)20-21-17-8-6-9-19(31-5)22(17)32-25(20,3)28(24(33)27-21)12-7-13-30-4/h6,8-11,14,20-21H,7,12-13H2,1-5H3,(H,26,29)(H,27,33)/t20-,21-,25+/m0/s1. The van der Waals surface area contributed by atoms with E-state index in [1.165, 1.54) is 0 Å². The van der Waals surface area contributed by atoms with Crippen molar-refractivity contribution in [1.29, 1.82) is 0 Å². The van der Waals surface area contributed by atoms with E-state index in [0.717, 1.165) is 28.8 Å². The van der Waals surface area contributed by atoms with Gasteiger partial charge in [-0.05, 0) is 57.1 Å². The van der Waals surface area contributed by atoms with E-state index in [0.29, 0.717) is 29.8 Å². The Hall–Kier alpha value is -2.84. The van der Waals surface area contributed by atoms with Gasteiger partial charge in [-0.15, -0.1) is 0 Å². The number of aryl methyl sites for hydroxylation is 2. The van der Waals surface area contributed by atoms with Crippen molar-refractivity contribution >= 4 is 28.9 Å². The largest absolute Gasteiger partial charge is 0.493 e. The van der Waals surface area contributed by atoms with Crippen molar-refractivity contribution in [3.63, 3.8) is 0 Å². The molecule has 1 saturated heterocycles. The van der Waals surface area contributed by atoms with Gasteiger partial charge in [0.05, 0.1) is 13.2 Å². The maximum absolute atomic E-state index is 13.8. The first-order valence-corrected chi connectivity index (χ1v) is 11.5. The van der Waals surface area contributed by atoms with Gasteiger partial charge < -0.3 is 29.7 Å². The van der Waals surface area contributed by atoms with Crippen LogP contribution in [0.25, 0.3) is 0 Å². The molecule has 2 aliphatic rings. The van der Waals surface area contributed by atoms with Crippen LogP contribution in [0.3, 0.4) is 0 Å². The molecule has 1 amide bonds. The molecule has 0 spiro atoms. The van der Waals surface area contributed by atoms with Crippen LogP contribution >= 0.6 is 12.2 Å². The maximum Gasteiger partial charge on any atom is 0.236 e. The lowest BCUT2D eigenvalue weighted by Crippen LogP contribution is -2.71. The molecule has 8 heteroatoms. The molecule has 2 aromatic carbocycles. The summed E-state index contributed by atoms with van der Waals surface area (Å²) in [6.07, 6.45) is 0.742. The summed E-state index contributed by atoms with van der Waals surface area (Å²) >= 11 is 5.73. The fourth-order valence-electron chi connectivity index (χ4n) is 4.85. The van der Waals surface area contributed by atoms with Crippen molar-refractivity contribution in [2.24, 2.45) is 5.92 Å². The van der Waals surface area contributed by atoms with Crippen molar-refractivity contribution in [3.8, 4) is 11.5 Å². The zero-order valence-electron chi connectivity index (χ0n) is 19.7. The molecular formula is C25H31N3O4S. The number of benzene rings is 2. The summed E-state index contributed by atoms with van der Waals surface area (Å²) < 4.78 is 17.4. The first kappa shape index (κ1) is 23.3. The fraction of sp³-hybridized carbons (Fsp3) is 0.440. The summed E-state index contributed by atoms with van der Waals surface area (Å²) in [5.74, 6) is 0.569. The van der Waals surface area contributed by atoms with Gasteiger partial charge in [-0.2, -0.15) is 0 Å². The highest BCUT2D eigenvalue weighted by Crippen LogP contribution is 2.51. The van der Waals surface area contributed by atoms with Crippen LogP contribution in [-0.4, -0.2) is 49.0 Å². The minimum absolute atomic E-state index is 0.130. The Balaban J connectivity index is 1.76. The average Bonchev–Trinajstić information content (AvgIpc) is 2.77. The van der Waals surface area contributed by atoms with Crippen molar-refractivity contribution < 1.29 is 19.0 Å². The van der Waals surface area contributed by atoms with Gasteiger partial charge in [-0.3, -0.25) is 4.79 Å². The predicted octanol–water partition coefficient (Wildman–Crippen LogP) is 3.94. The number of hydrogen-bond donors (Lipinski definition) is 2. The second-order valence-electron chi connectivity index (χ2n) is 8.75. The summed E-state index contributed by atoms with van der Waals surface area (Å²) in [6.45, 7) is 7.12. The SMILES string of the molecule is COCCCN1C(=S)N[C@H]2c3cccc(OC)c3O[C@]1(C)[C@@H]2C(=O)Nc1ccc(C)cc1C. The molecule has 2 N–H and O–H groups in total. The van der Waals surface area contributed by atoms with Gasteiger partial charge in [0.2, 0.25) is 5.91 Å². The quantitative estimate of drug-likeness (QED) is 0.470. The third-order valence-electron chi connectivity index (χ3n) is 6.50. The third kappa shape index (κ3) is 4.13. The molecule has 7 nitrogen and oxygen atoms in total. The molecule has 176 valence electrons. The molecule has 2 heterocycles. The molecule has 0 unspecified atom stereocenters. The Morgan fingerprint density at radius 1 is 1.27 bits per heavy atom. The highest BCUT2D eigenvalue weighted by atomic mass is 32.1. The molecule has 4 rings (SSSR count). The van der Waals surface area contributed by atoms with E-state index in [-0.39, 0.29) is 11.9 Å². The molecular weight excluding hydrogens is 438 g/mol. The number of para-hydroxylation sites is 1. The van der Waals surface area contributed by atoms with Gasteiger partial charge in [0.1, 0.15) is 5.92 Å². The van der Waals surface area contributed by atoms with Crippen LogP contribution in [0.4, 0.5) is 5.69 Å². The van der Waals surface area contributed by atoms with Gasteiger partial charge in [0.25, 0.3) is 0 Å². The van der Waals surface area contributed by atoms with E-state index in [4.69, 9.17) is 26.4 Å². The smallest absolute Gasteiger partial charge is 0.236 e. The number of amides is 1. The first-order valence-electron chi connectivity index (χ1n) is 11.1. The lowest BCUT2D eigenvalue weighted by molar-refractivity contribution is -0.150. The van der Waals surface area contributed by atoms with Crippen molar-refractivity contribution in [2.45, 2.75) is 39.0 Å². The van der Waals surface area contributed by atoms with Crippen LogP contribution in [-0.2, 0) is 9.53 Å². The lowest BCUT2D eigenvalue weighted by Gasteiger charge is -2.56. The average molecular weight is 470 g/mol. The Labute approximate surface area is 200 Å². The summed E-state index contributed by atoms with van der Waals surface area (Å²) in [5.41, 5.74) is 2.79. The summed E-state index contributed by atoms with van der Waals surface area (Å²) in [7, 11) is 3.29. The number of thiocarbonyl (C=S) groups is 1. The van der Waals surface area contributed by atoms with Gasteiger partial charge in [0, 0.05) is 31.5 Å². The van der Waals surface area contributed by atoms with Crippen molar-refractivity contribution in [1.82, 2.24) is 10.2 Å². The summed E-state index contributed by atoms with van der Waals surface area (Å²) in [5, 5.41) is 7.11. The molecule has 0 radical (unpaired) electrons. The van der Waals surface area contributed by atoms with E-state index >= 15 is 0 Å². The Morgan fingerprint density at radius 2 is 2.06 bits per heavy atom. The number of carbonyl (C=O) groups is 1. The van der Waals surface area contributed by atoms with Crippen molar-refractivity contribution in [3.05, 3.63) is 53.1 Å². The van der Waals surface area contributed by atoms with E-state index in [1.54, 1.807) is 14.2 Å². The van der Waals surface area contributed by atoms with E-state index in [9.17, 15) is 4.79 Å². The van der Waals surface area contributed by atoms with Gasteiger partial charge in [-0.25, -0.2) is 0 Å². The monoisotopic (exact) mass is 469 g/mol. The zero-order chi connectivity index (χ0) is 23.8. The number of nitrogens with zero attached hydrogens (tertiary/aromatic N) is 1. The number of hydrogen-bond acceptors (Lipinski definition) is 5. The third-order valence-corrected chi connectivity index (χ3v) is 6.83. The molecule has 0 aliphatic carbocycles. The van der Waals surface area contributed by atoms with Crippen LogP contribution in [0, 0.1) is 19.8 Å². The topological polar surface area (TPSA) is 72.1 Å². The highest BCUT2D eigenvalue weighted by molar-refractivity contribution is 7.80. The second kappa shape index (κ2) is 9.19. The molecule has 2 aliphatic heterocycles. The normalized spacial score (nSPS) is 23.3. The minimum Gasteiger partial charge on any atom is -0.493 e. The molecule has 3 atom stereocenters. The molecule has 0 aromatic heterocycles. The van der Waals surface area contributed by atoms with Crippen LogP contribution in [0.15, 0.2) is 36.4 Å². The number of fused-ring (bicyclic) bond motifs is 4. The van der Waals surface area contributed by atoms with E-state index in [2.05, 4.69) is 16.7 Å². The summed E-state index contributed by atoms with van der Waals surface area (Å²) in [6, 6.07) is 11.4. The molecule has 33 heavy (non-hydrogen) atoms. The highest BCUT2D eigenvalue weighted by Gasteiger charge is 2.59. The molecule has 1 fully saturated rings. The number of nitrogens with one attached hydrogen (secondary N) is 2. The summed E-state index contributed by atoms with van der Waals surface area (Å²) in [4.78, 5) is 15.8. The van der Waals surface area contributed by atoms with Crippen LogP contribution in [0.5, 0.6) is 11.5 Å². The van der Waals surface area contributed by atoms with E-state index < -0.39 is 11.6 Å². The maximum atomic E-state index is 13.8. The zero-order valence-corrected chi connectivity index (χ0v) is 20.5. The van der Waals surface area contributed by atoms with Gasteiger partial charge in [0.15, 0.2) is 22.3 Å². The lowest BCUT2D eigenvalue weighted by atomic mass is 9.78. The minimum atomic E-state index is -1.01. The Kier molecular flexibility index (Phi) is 6.50. The van der Waals surface area contributed by atoms with E-state index in [1.807, 2.05) is 56.0 Å². The second-order valence-corrected chi connectivity index (χ2v) is 9.13. The number of methoxy groups -OCH3 is 2. The van der Waals surface area contributed by atoms with Gasteiger partial charge >= 0.3 is 0 Å². The number of ether oxygens (including phenoxy) is 3. The van der Waals surface area contributed by atoms with Crippen molar-refractivity contribution in [2.75, 3.05) is 32.7 Å². The molecule has 0 saturated carbocycles. The number of carbonyl (C=O) groups excluding carboxylic acids is 1. The fourth-order valence-corrected chi connectivity index (χ4v) is 5.25. The Morgan fingerprint density at radius 3 is 2.76 bits per heavy atom. The predicted molar refractivity (Wildman–Crippen MR) is 132 cm³/mol. The molecule has 2 aromatic rings. The van der Waals surface area contributed by atoms with Crippen LogP contribution in [0.1, 0.15) is 36.1 Å². The number of anilines is 1. The molecule has 2 bridgehead atoms. The Bertz CT molecular complexity index is 1080. The van der Waals surface area contributed by atoms with Crippen LogP contribution < -0.4 is 20.1 Å². The van der Waals surface area contributed by atoms with Gasteiger partial charge in [-0.1, -0.05) is 29.8 Å². The number of rotatable bonds is 7. The first-order chi connectivity index (χ1) is 15.8. The van der Waals surface area contributed by atoms with Crippen LogP contribution in [0.2, 0.25) is 0 Å².